The van der Waals surface area contributed by atoms with Crippen LogP contribution in [0.1, 0.15) is 22.8 Å². The van der Waals surface area contributed by atoms with E-state index >= 15 is 0 Å². The highest BCUT2D eigenvalue weighted by molar-refractivity contribution is 5.91. The Morgan fingerprint density at radius 1 is 1.05 bits per heavy atom. The Morgan fingerprint density at radius 2 is 1.77 bits per heavy atom. The standard InChI is InChI=1S/C17H13FO4/c1-10(7-16(19)20)11-5-6-15(18)14(9-11)12-3-2-4-13(8-12)17(21)22/h2-9H,1H3,(H,19,20)(H,21,22). The summed E-state index contributed by atoms with van der Waals surface area (Å²) in [5, 5.41) is 17.8. The molecule has 0 aliphatic rings. The molecule has 0 atom stereocenters. The van der Waals surface area contributed by atoms with Crippen LogP contribution in [0.15, 0.2) is 48.5 Å². The Bertz CT molecular complexity index is 778. The van der Waals surface area contributed by atoms with Gasteiger partial charge in [0, 0.05) is 11.6 Å². The van der Waals surface area contributed by atoms with Crippen LogP contribution in [0.4, 0.5) is 4.39 Å². The van der Waals surface area contributed by atoms with Crippen LogP contribution < -0.4 is 0 Å². The number of hydrogen-bond donors (Lipinski definition) is 2. The van der Waals surface area contributed by atoms with Crippen molar-refractivity contribution in [3.8, 4) is 11.1 Å². The van der Waals surface area contributed by atoms with Crippen molar-refractivity contribution in [2.24, 2.45) is 0 Å². The highest BCUT2D eigenvalue weighted by atomic mass is 19.1. The van der Waals surface area contributed by atoms with Gasteiger partial charge in [0.05, 0.1) is 5.56 Å². The van der Waals surface area contributed by atoms with Crippen LogP contribution >= 0.6 is 0 Å². The van der Waals surface area contributed by atoms with Gasteiger partial charge in [-0.1, -0.05) is 18.2 Å². The second kappa shape index (κ2) is 6.22. The molecule has 0 heterocycles. The minimum atomic E-state index is -1.10. The molecule has 0 aliphatic heterocycles. The summed E-state index contributed by atoms with van der Waals surface area (Å²) in [7, 11) is 0. The van der Waals surface area contributed by atoms with Gasteiger partial charge in [0.15, 0.2) is 0 Å². The smallest absolute Gasteiger partial charge is 0.335 e. The molecular weight excluding hydrogens is 287 g/mol. The number of rotatable bonds is 4. The summed E-state index contributed by atoms with van der Waals surface area (Å²) in [6.07, 6.45) is 1.03. The van der Waals surface area contributed by atoms with E-state index in [4.69, 9.17) is 10.2 Å². The lowest BCUT2D eigenvalue weighted by Gasteiger charge is -2.08. The monoisotopic (exact) mass is 300 g/mol. The topological polar surface area (TPSA) is 74.6 Å². The zero-order valence-electron chi connectivity index (χ0n) is 11.7. The quantitative estimate of drug-likeness (QED) is 0.845. The third-order valence-electron chi connectivity index (χ3n) is 3.18. The Hall–Kier alpha value is -2.95. The molecule has 0 fully saturated rings. The van der Waals surface area contributed by atoms with Gasteiger partial charge < -0.3 is 10.2 Å². The lowest BCUT2D eigenvalue weighted by atomic mass is 9.98. The highest BCUT2D eigenvalue weighted by Gasteiger charge is 2.10. The Balaban J connectivity index is 2.54. The first-order valence-corrected chi connectivity index (χ1v) is 6.43. The molecule has 2 rings (SSSR count). The van der Waals surface area contributed by atoms with Crippen LogP contribution in [0.25, 0.3) is 16.7 Å². The van der Waals surface area contributed by atoms with E-state index in [2.05, 4.69) is 0 Å². The summed E-state index contributed by atoms with van der Waals surface area (Å²) in [4.78, 5) is 21.7. The van der Waals surface area contributed by atoms with Crippen molar-refractivity contribution in [3.05, 3.63) is 65.5 Å². The van der Waals surface area contributed by atoms with Gasteiger partial charge in [0.2, 0.25) is 0 Å². The summed E-state index contributed by atoms with van der Waals surface area (Å²) < 4.78 is 14.0. The van der Waals surface area contributed by atoms with Crippen molar-refractivity contribution in [1.29, 1.82) is 0 Å². The Labute approximate surface area is 126 Å². The zero-order valence-corrected chi connectivity index (χ0v) is 11.7. The molecule has 22 heavy (non-hydrogen) atoms. The summed E-state index contributed by atoms with van der Waals surface area (Å²) in [6, 6.07) is 10.1. The molecule has 2 aromatic rings. The van der Waals surface area contributed by atoms with Gasteiger partial charge in [0.1, 0.15) is 5.82 Å². The fraction of sp³-hybridized carbons (Fsp3) is 0.0588. The molecule has 0 saturated carbocycles. The minimum absolute atomic E-state index is 0.0557. The Morgan fingerprint density at radius 3 is 2.41 bits per heavy atom. The summed E-state index contributed by atoms with van der Waals surface area (Å²) in [6.45, 7) is 1.61. The van der Waals surface area contributed by atoms with Crippen molar-refractivity contribution in [2.75, 3.05) is 0 Å². The van der Waals surface area contributed by atoms with Crippen molar-refractivity contribution in [1.82, 2.24) is 0 Å². The lowest BCUT2D eigenvalue weighted by Crippen LogP contribution is -1.97. The fourth-order valence-corrected chi connectivity index (χ4v) is 2.08. The second-order valence-corrected chi connectivity index (χ2v) is 4.75. The van der Waals surface area contributed by atoms with E-state index < -0.39 is 17.8 Å². The minimum Gasteiger partial charge on any atom is -0.478 e. The number of benzene rings is 2. The third-order valence-corrected chi connectivity index (χ3v) is 3.18. The number of allylic oxidation sites excluding steroid dienone is 1. The van der Waals surface area contributed by atoms with Crippen LogP contribution in [0, 0.1) is 5.82 Å². The van der Waals surface area contributed by atoms with Crippen molar-refractivity contribution in [3.63, 3.8) is 0 Å². The number of carboxylic acid groups (broad SMARTS) is 2. The van der Waals surface area contributed by atoms with E-state index in [1.807, 2.05) is 0 Å². The van der Waals surface area contributed by atoms with Gasteiger partial charge >= 0.3 is 11.9 Å². The molecular formula is C17H13FO4. The maximum atomic E-state index is 14.0. The molecule has 2 N–H and O–H groups in total. The zero-order chi connectivity index (χ0) is 16.3. The normalized spacial score (nSPS) is 11.3. The van der Waals surface area contributed by atoms with Crippen LogP contribution in [-0.2, 0) is 4.79 Å². The van der Waals surface area contributed by atoms with Crippen molar-refractivity contribution < 1.29 is 24.2 Å². The van der Waals surface area contributed by atoms with E-state index in [-0.39, 0.29) is 11.1 Å². The molecule has 0 amide bonds. The number of aromatic carboxylic acids is 1. The molecule has 0 spiro atoms. The van der Waals surface area contributed by atoms with E-state index in [1.165, 1.54) is 36.4 Å². The number of aliphatic carboxylic acids is 1. The average Bonchev–Trinajstić information content (AvgIpc) is 2.47. The summed E-state index contributed by atoms with van der Waals surface area (Å²) >= 11 is 0. The van der Waals surface area contributed by atoms with Gasteiger partial charge in [-0.3, -0.25) is 0 Å². The van der Waals surface area contributed by atoms with E-state index in [1.54, 1.807) is 13.0 Å². The average molecular weight is 300 g/mol. The van der Waals surface area contributed by atoms with Gasteiger partial charge in [-0.05, 0) is 47.9 Å². The van der Waals surface area contributed by atoms with Gasteiger partial charge in [-0.2, -0.15) is 0 Å². The maximum absolute atomic E-state index is 14.0. The predicted octanol–water partition coefficient (Wildman–Crippen LogP) is 3.68. The predicted molar refractivity (Wildman–Crippen MR) is 80.1 cm³/mol. The highest BCUT2D eigenvalue weighted by Crippen LogP contribution is 2.27. The lowest BCUT2D eigenvalue weighted by molar-refractivity contribution is -0.131. The van der Waals surface area contributed by atoms with Crippen molar-refractivity contribution in [2.45, 2.75) is 6.92 Å². The molecule has 2 aromatic carbocycles. The van der Waals surface area contributed by atoms with Crippen LogP contribution in [0.5, 0.6) is 0 Å². The van der Waals surface area contributed by atoms with Gasteiger partial charge in [-0.15, -0.1) is 0 Å². The number of carbonyl (C=O) groups is 2. The van der Waals surface area contributed by atoms with E-state index in [0.29, 0.717) is 16.7 Å². The fourth-order valence-electron chi connectivity index (χ4n) is 2.08. The number of carboxylic acids is 2. The molecule has 0 radical (unpaired) electrons. The van der Waals surface area contributed by atoms with E-state index in [9.17, 15) is 14.0 Å². The molecule has 0 aliphatic carbocycles. The van der Waals surface area contributed by atoms with Crippen molar-refractivity contribution >= 4 is 17.5 Å². The first-order chi connectivity index (χ1) is 10.4. The SMILES string of the molecule is CC(=CC(=O)O)c1ccc(F)c(-c2cccc(C(=O)O)c2)c1. The summed E-state index contributed by atoms with van der Waals surface area (Å²) in [5.41, 5.74) is 1.73. The molecule has 112 valence electrons. The summed E-state index contributed by atoms with van der Waals surface area (Å²) in [5.74, 6) is -2.69. The molecule has 0 unspecified atom stereocenters. The first-order valence-electron chi connectivity index (χ1n) is 6.43. The maximum Gasteiger partial charge on any atom is 0.335 e. The van der Waals surface area contributed by atoms with Crippen LogP contribution in [0.2, 0.25) is 0 Å². The Kier molecular flexibility index (Phi) is 4.36. The first kappa shape index (κ1) is 15.4. The molecule has 5 heteroatoms. The van der Waals surface area contributed by atoms with Gasteiger partial charge in [-0.25, -0.2) is 14.0 Å². The molecule has 0 aromatic heterocycles. The molecule has 0 bridgehead atoms. The molecule has 4 nitrogen and oxygen atoms in total. The van der Waals surface area contributed by atoms with Crippen LogP contribution in [-0.4, -0.2) is 22.2 Å². The molecule has 0 saturated heterocycles. The number of halogens is 1. The second-order valence-electron chi connectivity index (χ2n) is 4.75. The van der Waals surface area contributed by atoms with Gasteiger partial charge in [0.25, 0.3) is 0 Å². The largest absolute Gasteiger partial charge is 0.478 e. The number of hydrogen-bond acceptors (Lipinski definition) is 2. The third kappa shape index (κ3) is 3.38. The van der Waals surface area contributed by atoms with Crippen LogP contribution in [0.3, 0.4) is 0 Å². The van der Waals surface area contributed by atoms with E-state index in [0.717, 1.165) is 6.08 Å².